The van der Waals surface area contributed by atoms with E-state index in [0.717, 1.165) is 11.8 Å². The molecule has 0 bridgehead atoms. The normalized spacial score (nSPS) is 19.0. The number of piperidine rings is 1. The first-order valence-electron chi connectivity index (χ1n) is 8.28. The summed E-state index contributed by atoms with van der Waals surface area (Å²) < 4.78 is 0. The third-order valence-electron chi connectivity index (χ3n) is 4.40. The highest BCUT2D eigenvalue weighted by molar-refractivity contribution is 4.69. The maximum absolute atomic E-state index is 3.67. The minimum Gasteiger partial charge on any atom is -0.317 e. The molecule has 0 aliphatic carbocycles. The fourth-order valence-corrected chi connectivity index (χ4v) is 2.94. The molecule has 1 aliphatic heterocycles. The lowest BCUT2D eigenvalue weighted by atomic mass is 9.93. The van der Waals surface area contributed by atoms with Crippen molar-refractivity contribution in [1.82, 2.24) is 10.6 Å². The Bertz CT molecular complexity index is 176. The van der Waals surface area contributed by atoms with Gasteiger partial charge in [0.05, 0.1) is 0 Å². The van der Waals surface area contributed by atoms with E-state index < -0.39 is 0 Å². The maximum Gasteiger partial charge on any atom is -0.00206 e. The van der Waals surface area contributed by atoms with Crippen LogP contribution >= 0.6 is 0 Å². The van der Waals surface area contributed by atoms with Gasteiger partial charge in [-0.3, -0.25) is 0 Å². The zero-order valence-corrected chi connectivity index (χ0v) is 12.6. The smallest absolute Gasteiger partial charge is 0.00206 e. The molecule has 1 unspecified atom stereocenters. The van der Waals surface area contributed by atoms with Crippen molar-refractivity contribution < 1.29 is 0 Å². The van der Waals surface area contributed by atoms with Crippen LogP contribution in [0.15, 0.2) is 0 Å². The van der Waals surface area contributed by atoms with E-state index in [9.17, 15) is 0 Å². The molecule has 1 aliphatic rings. The third kappa shape index (κ3) is 7.38. The van der Waals surface area contributed by atoms with Gasteiger partial charge in [-0.15, -0.1) is 0 Å². The van der Waals surface area contributed by atoms with Crippen LogP contribution in [0.2, 0.25) is 0 Å². The topological polar surface area (TPSA) is 24.1 Å². The average molecular weight is 254 g/mol. The van der Waals surface area contributed by atoms with Crippen molar-refractivity contribution in [3.8, 4) is 0 Å². The second-order valence-electron chi connectivity index (χ2n) is 5.96. The second kappa shape index (κ2) is 10.8. The van der Waals surface area contributed by atoms with Crippen molar-refractivity contribution in [2.75, 3.05) is 26.2 Å². The van der Waals surface area contributed by atoms with Gasteiger partial charge in [0.25, 0.3) is 0 Å². The Labute approximate surface area is 114 Å². The summed E-state index contributed by atoms with van der Waals surface area (Å²) in [4.78, 5) is 0. The molecule has 108 valence electrons. The Morgan fingerprint density at radius 1 is 1.17 bits per heavy atom. The molecule has 2 N–H and O–H groups in total. The Hall–Kier alpha value is -0.0800. The van der Waals surface area contributed by atoms with Crippen molar-refractivity contribution in [3.05, 3.63) is 0 Å². The summed E-state index contributed by atoms with van der Waals surface area (Å²) >= 11 is 0. The molecular formula is C16H34N2. The number of nitrogens with one attached hydrogen (secondary N) is 2. The molecule has 0 aromatic carbocycles. The van der Waals surface area contributed by atoms with Crippen LogP contribution < -0.4 is 10.6 Å². The standard InChI is InChI=1S/C16H34N2/c1-3-5-7-15(4-2)14-18-11-6-8-16-9-12-17-13-10-16/h15-18H,3-14H2,1-2H3. The molecule has 2 nitrogen and oxygen atoms in total. The Balaban J connectivity index is 1.93. The zero-order chi connectivity index (χ0) is 13.1. The fourth-order valence-electron chi connectivity index (χ4n) is 2.94. The second-order valence-corrected chi connectivity index (χ2v) is 5.96. The van der Waals surface area contributed by atoms with Crippen molar-refractivity contribution in [1.29, 1.82) is 0 Å². The van der Waals surface area contributed by atoms with Crippen LogP contribution in [0, 0.1) is 11.8 Å². The molecule has 1 heterocycles. The molecular weight excluding hydrogens is 220 g/mol. The van der Waals surface area contributed by atoms with E-state index in [1.807, 2.05) is 0 Å². The Morgan fingerprint density at radius 2 is 1.94 bits per heavy atom. The number of hydrogen-bond donors (Lipinski definition) is 2. The summed E-state index contributed by atoms with van der Waals surface area (Å²) in [6.07, 6.45) is 11.1. The van der Waals surface area contributed by atoms with E-state index in [1.54, 1.807) is 0 Å². The lowest BCUT2D eigenvalue weighted by Crippen LogP contribution is -2.28. The first-order chi connectivity index (χ1) is 8.86. The van der Waals surface area contributed by atoms with E-state index in [-0.39, 0.29) is 0 Å². The van der Waals surface area contributed by atoms with E-state index in [0.29, 0.717) is 0 Å². The van der Waals surface area contributed by atoms with Gasteiger partial charge in [-0.25, -0.2) is 0 Å². The highest BCUT2D eigenvalue weighted by atomic mass is 14.9. The van der Waals surface area contributed by atoms with Crippen molar-refractivity contribution in [2.45, 2.75) is 65.2 Å². The molecule has 2 heteroatoms. The highest BCUT2D eigenvalue weighted by Gasteiger charge is 2.12. The van der Waals surface area contributed by atoms with Gasteiger partial charge < -0.3 is 10.6 Å². The largest absolute Gasteiger partial charge is 0.317 e. The fraction of sp³-hybridized carbons (Fsp3) is 1.00. The summed E-state index contributed by atoms with van der Waals surface area (Å²) in [6, 6.07) is 0. The number of hydrogen-bond acceptors (Lipinski definition) is 2. The summed E-state index contributed by atoms with van der Waals surface area (Å²) in [5.74, 6) is 1.90. The van der Waals surface area contributed by atoms with Gasteiger partial charge in [0.1, 0.15) is 0 Å². The Kier molecular flexibility index (Phi) is 9.59. The maximum atomic E-state index is 3.67. The molecule has 0 saturated carbocycles. The van der Waals surface area contributed by atoms with Gasteiger partial charge in [0.2, 0.25) is 0 Å². The zero-order valence-electron chi connectivity index (χ0n) is 12.6. The Morgan fingerprint density at radius 3 is 2.61 bits per heavy atom. The van der Waals surface area contributed by atoms with Gasteiger partial charge in [-0.05, 0) is 70.1 Å². The molecule has 1 rings (SSSR count). The predicted octanol–water partition coefficient (Wildman–Crippen LogP) is 3.57. The monoisotopic (exact) mass is 254 g/mol. The van der Waals surface area contributed by atoms with E-state index in [2.05, 4.69) is 24.5 Å². The molecule has 0 aromatic rings. The molecule has 0 amide bonds. The lowest BCUT2D eigenvalue weighted by molar-refractivity contribution is 0.340. The van der Waals surface area contributed by atoms with Crippen LogP contribution in [0.4, 0.5) is 0 Å². The molecule has 0 radical (unpaired) electrons. The van der Waals surface area contributed by atoms with Crippen LogP contribution in [0.5, 0.6) is 0 Å². The predicted molar refractivity (Wildman–Crippen MR) is 81.0 cm³/mol. The van der Waals surface area contributed by atoms with E-state index in [4.69, 9.17) is 0 Å². The van der Waals surface area contributed by atoms with Crippen LogP contribution in [0.1, 0.15) is 65.2 Å². The van der Waals surface area contributed by atoms with Crippen molar-refractivity contribution in [3.63, 3.8) is 0 Å². The first kappa shape index (κ1) is 16.0. The van der Waals surface area contributed by atoms with Crippen molar-refractivity contribution >= 4 is 0 Å². The summed E-state index contributed by atoms with van der Waals surface area (Å²) in [7, 11) is 0. The molecule has 0 aromatic heterocycles. The highest BCUT2D eigenvalue weighted by Crippen LogP contribution is 2.17. The number of rotatable bonds is 10. The molecule has 1 atom stereocenters. The van der Waals surface area contributed by atoms with Crippen LogP contribution in [-0.4, -0.2) is 26.2 Å². The van der Waals surface area contributed by atoms with Gasteiger partial charge in [0, 0.05) is 0 Å². The molecule has 0 spiro atoms. The van der Waals surface area contributed by atoms with Crippen molar-refractivity contribution in [2.24, 2.45) is 11.8 Å². The summed E-state index contributed by atoms with van der Waals surface area (Å²) in [5.41, 5.74) is 0. The minimum absolute atomic E-state index is 0.906. The van der Waals surface area contributed by atoms with Crippen LogP contribution in [0.25, 0.3) is 0 Å². The van der Waals surface area contributed by atoms with Gasteiger partial charge in [-0.2, -0.15) is 0 Å². The molecule has 18 heavy (non-hydrogen) atoms. The molecule has 1 fully saturated rings. The quantitative estimate of drug-likeness (QED) is 0.582. The van der Waals surface area contributed by atoms with Crippen LogP contribution in [0.3, 0.4) is 0 Å². The van der Waals surface area contributed by atoms with Gasteiger partial charge >= 0.3 is 0 Å². The summed E-state index contributed by atoms with van der Waals surface area (Å²) in [5, 5.41) is 7.11. The van der Waals surface area contributed by atoms with E-state index >= 15 is 0 Å². The van der Waals surface area contributed by atoms with E-state index in [1.165, 1.54) is 77.5 Å². The molecule has 1 saturated heterocycles. The first-order valence-corrected chi connectivity index (χ1v) is 8.28. The number of unbranched alkanes of at least 4 members (excludes halogenated alkanes) is 1. The minimum atomic E-state index is 0.906. The SMILES string of the molecule is CCCCC(CC)CNCCCC1CCNCC1. The van der Waals surface area contributed by atoms with Gasteiger partial charge in [0.15, 0.2) is 0 Å². The average Bonchev–Trinajstić information content (AvgIpc) is 2.43. The summed E-state index contributed by atoms with van der Waals surface area (Å²) in [6.45, 7) is 9.57. The van der Waals surface area contributed by atoms with Gasteiger partial charge in [-0.1, -0.05) is 33.1 Å². The third-order valence-corrected chi connectivity index (χ3v) is 4.40. The lowest BCUT2D eigenvalue weighted by Gasteiger charge is -2.22. The van der Waals surface area contributed by atoms with Crippen LogP contribution in [-0.2, 0) is 0 Å².